The van der Waals surface area contributed by atoms with E-state index in [9.17, 15) is 18.8 Å². The highest BCUT2D eigenvalue weighted by Crippen LogP contribution is 2.17. The topological polar surface area (TPSA) is 78.5 Å². The molecule has 0 saturated carbocycles. The van der Waals surface area contributed by atoms with Gasteiger partial charge in [-0.25, -0.2) is 9.18 Å². The van der Waals surface area contributed by atoms with E-state index in [1.54, 1.807) is 32.9 Å². The molecule has 1 fully saturated rings. The highest BCUT2D eigenvalue weighted by atomic mass is 19.1. The Balaban J connectivity index is 1.75. The first-order valence-corrected chi connectivity index (χ1v) is 7.86. The van der Waals surface area contributed by atoms with Crippen LogP contribution in [-0.2, 0) is 16.1 Å². The van der Waals surface area contributed by atoms with Gasteiger partial charge in [-0.2, -0.15) is 0 Å². The first-order valence-electron chi connectivity index (χ1n) is 7.86. The lowest BCUT2D eigenvalue weighted by atomic mass is 10.1. The Morgan fingerprint density at radius 2 is 2.04 bits per heavy atom. The summed E-state index contributed by atoms with van der Waals surface area (Å²) in [6, 6.07) is 4.38. The molecule has 0 aromatic heterocycles. The van der Waals surface area contributed by atoms with E-state index in [0.717, 1.165) is 4.90 Å². The quantitative estimate of drug-likeness (QED) is 0.779. The molecule has 6 nitrogen and oxygen atoms in total. The average Bonchev–Trinajstić information content (AvgIpc) is 2.70. The number of hydrogen-bond acceptors (Lipinski definition) is 3. The zero-order chi connectivity index (χ0) is 17.9. The van der Waals surface area contributed by atoms with Crippen molar-refractivity contribution in [1.82, 2.24) is 15.5 Å². The van der Waals surface area contributed by atoms with E-state index in [1.165, 1.54) is 6.07 Å². The van der Waals surface area contributed by atoms with Crippen LogP contribution in [0.1, 0.15) is 37.8 Å². The highest BCUT2D eigenvalue weighted by Gasteiger charge is 2.43. The first kappa shape index (κ1) is 17.9. The number of amides is 4. The molecule has 0 spiro atoms. The fourth-order valence-corrected chi connectivity index (χ4v) is 2.45. The van der Waals surface area contributed by atoms with Crippen molar-refractivity contribution < 1.29 is 18.8 Å². The van der Waals surface area contributed by atoms with Crippen LogP contribution in [0.5, 0.6) is 0 Å². The summed E-state index contributed by atoms with van der Waals surface area (Å²) >= 11 is 0. The molecule has 0 radical (unpaired) electrons. The van der Waals surface area contributed by atoms with E-state index < -0.39 is 11.6 Å². The minimum atomic E-state index is -0.894. The third-order valence-corrected chi connectivity index (χ3v) is 3.96. The molecule has 1 aliphatic heterocycles. The molecule has 4 amide bonds. The van der Waals surface area contributed by atoms with E-state index in [2.05, 4.69) is 10.6 Å². The molecule has 0 aliphatic carbocycles. The van der Waals surface area contributed by atoms with Crippen LogP contribution < -0.4 is 10.6 Å². The standard InChI is InChI=1S/C17H22FN3O3/c1-11-6-7-12(9-13(11)18)10-19-14(22)5-4-8-21-15(23)17(2,3)20-16(21)24/h6-7,9H,4-5,8,10H2,1-3H3,(H,19,22)(H,20,24). The van der Waals surface area contributed by atoms with Crippen molar-refractivity contribution in [3.05, 3.63) is 35.1 Å². The minimum Gasteiger partial charge on any atom is -0.352 e. The number of nitrogens with one attached hydrogen (secondary N) is 2. The molecule has 1 aliphatic rings. The van der Waals surface area contributed by atoms with Crippen LogP contribution in [0.25, 0.3) is 0 Å². The van der Waals surface area contributed by atoms with Gasteiger partial charge in [0.15, 0.2) is 0 Å². The Morgan fingerprint density at radius 3 is 2.62 bits per heavy atom. The molecule has 0 bridgehead atoms. The molecule has 0 atom stereocenters. The molecule has 7 heteroatoms. The van der Waals surface area contributed by atoms with Crippen LogP contribution in [-0.4, -0.2) is 34.8 Å². The number of hydrogen-bond donors (Lipinski definition) is 2. The zero-order valence-corrected chi connectivity index (χ0v) is 14.1. The molecule has 2 N–H and O–H groups in total. The Labute approximate surface area is 140 Å². The molecular formula is C17H22FN3O3. The number of aryl methyl sites for hydroxylation is 1. The van der Waals surface area contributed by atoms with Gasteiger partial charge in [0.05, 0.1) is 0 Å². The van der Waals surface area contributed by atoms with Crippen molar-refractivity contribution in [1.29, 1.82) is 0 Å². The fraction of sp³-hybridized carbons (Fsp3) is 0.471. The molecular weight excluding hydrogens is 313 g/mol. The summed E-state index contributed by atoms with van der Waals surface area (Å²) in [6.45, 7) is 5.39. The van der Waals surface area contributed by atoms with Gasteiger partial charge in [0.1, 0.15) is 11.4 Å². The number of halogens is 1. The predicted octanol–water partition coefficient (Wildman–Crippen LogP) is 1.86. The summed E-state index contributed by atoms with van der Waals surface area (Å²) in [5, 5.41) is 5.29. The minimum absolute atomic E-state index is 0.186. The maximum Gasteiger partial charge on any atom is 0.325 e. The third-order valence-electron chi connectivity index (χ3n) is 3.96. The van der Waals surface area contributed by atoms with E-state index in [-0.39, 0.29) is 37.1 Å². The number of carbonyl (C=O) groups is 3. The smallest absolute Gasteiger partial charge is 0.325 e. The normalized spacial score (nSPS) is 16.2. The lowest BCUT2D eigenvalue weighted by molar-refractivity contribution is -0.130. The van der Waals surface area contributed by atoms with Gasteiger partial charge in [0, 0.05) is 19.5 Å². The van der Waals surface area contributed by atoms with Crippen LogP contribution in [0.15, 0.2) is 18.2 Å². The summed E-state index contributed by atoms with van der Waals surface area (Å²) in [4.78, 5) is 36.6. The van der Waals surface area contributed by atoms with E-state index in [4.69, 9.17) is 0 Å². The van der Waals surface area contributed by atoms with Gasteiger partial charge < -0.3 is 10.6 Å². The largest absolute Gasteiger partial charge is 0.352 e. The highest BCUT2D eigenvalue weighted by molar-refractivity contribution is 6.06. The number of nitrogens with zero attached hydrogens (tertiary/aromatic N) is 1. The monoisotopic (exact) mass is 335 g/mol. The van der Waals surface area contributed by atoms with Crippen molar-refractivity contribution in [2.24, 2.45) is 0 Å². The summed E-state index contributed by atoms with van der Waals surface area (Å²) in [5.74, 6) is -0.798. The molecule has 130 valence electrons. The molecule has 1 saturated heterocycles. The van der Waals surface area contributed by atoms with E-state index >= 15 is 0 Å². The molecule has 2 rings (SSSR count). The maximum absolute atomic E-state index is 13.4. The Kier molecular flexibility index (Phi) is 5.21. The fourth-order valence-electron chi connectivity index (χ4n) is 2.45. The van der Waals surface area contributed by atoms with E-state index in [1.807, 2.05) is 0 Å². The summed E-state index contributed by atoms with van der Waals surface area (Å²) in [6.07, 6.45) is 0.565. The van der Waals surface area contributed by atoms with Crippen molar-refractivity contribution in [2.75, 3.05) is 6.54 Å². The number of imide groups is 1. The Bertz CT molecular complexity index is 673. The van der Waals surface area contributed by atoms with Gasteiger partial charge in [-0.15, -0.1) is 0 Å². The lowest BCUT2D eigenvalue weighted by Gasteiger charge is -2.15. The number of benzene rings is 1. The summed E-state index contributed by atoms with van der Waals surface area (Å²) in [7, 11) is 0. The summed E-state index contributed by atoms with van der Waals surface area (Å²) < 4.78 is 13.4. The predicted molar refractivity (Wildman–Crippen MR) is 86.5 cm³/mol. The maximum atomic E-state index is 13.4. The zero-order valence-electron chi connectivity index (χ0n) is 14.1. The number of carbonyl (C=O) groups excluding carboxylic acids is 3. The number of urea groups is 1. The van der Waals surface area contributed by atoms with Gasteiger partial charge in [0.25, 0.3) is 5.91 Å². The van der Waals surface area contributed by atoms with E-state index in [0.29, 0.717) is 17.5 Å². The third kappa shape index (κ3) is 4.10. The second-order valence-corrected chi connectivity index (χ2v) is 6.48. The van der Waals surface area contributed by atoms with Crippen molar-refractivity contribution >= 4 is 17.8 Å². The average molecular weight is 335 g/mol. The number of rotatable bonds is 6. The van der Waals surface area contributed by atoms with Gasteiger partial charge in [-0.1, -0.05) is 12.1 Å². The SMILES string of the molecule is Cc1ccc(CNC(=O)CCCN2C(=O)NC(C)(C)C2=O)cc1F. The second-order valence-electron chi connectivity index (χ2n) is 6.48. The summed E-state index contributed by atoms with van der Waals surface area (Å²) in [5.41, 5.74) is 0.346. The second kappa shape index (κ2) is 6.98. The molecule has 0 unspecified atom stereocenters. The van der Waals surface area contributed by atoms with Crippen LogP contribution in [0.2, 0.25) is 0 Å². The Hall–Kier alpha value is -2.44. The molecule has 1 heterocycles. The molecule has 1 aromatic rings. The van der Waals surface area contributed by atoms with Crippen molar-refractivity contribution in [3.8, 4) is 0 Å². The van der Waals surface area contributed by atoms with Crippen molar-refractivity contribution in [3.63, 3.8) is 0 Å². The van der Waals surface area contributed by atoms with Crippen LogP contribution in [0.3, 0.4) is 0 Å². The molecule has 1 aromatic carbocycles. The first-order chi connectivity index (χ1) is 11.2. The van der Waals surface area contributed by atoms with Crippen LogP contribution in [0, 0.1) is 12.7 Å². The lowest BCUT2D eigenvalue weighted by Crippen LogP contribution is -2.40. The van der Waals surface area contributed by atoms with Crippen LogP contribution >= 0.6 is 0 Å². The van der Waals surface area contributed by atoms with Gasteiger partial charge >= 0.3 is 6.03 Å². The van der Waals surface area contributed by atoms with Gasteiger partial charge in [0.2, 0.25) is 5.91 Å². The van der Waals surface area contributed by atoms with Gasteiger partial charge in [-0.05, 0) is 44.4 Å². The van der Waals surface area contributed by atoms with Crippen molar-refractivity contribution in [2.45, 2.75) is 45.7 Å². The van der Waals surface area contributed by atoms with Gasteiger partial charge in [-0.3, -0.25) is 14.5 Å². The van der Waals surface area contributed by atoms with Crippen LogP contribution in [0.4, 0.5) is 9.18 Å². The Morgan fingerprint density at radius 1 is 1.33 bits per heavy atom. The molecule has 24 heavy (non-hydrogen) atoms.